The quantitative estimate of drug-likeness (QED) is 0.722. The number of aromatic carboxylic acids is 1. The van der Waals surface area contributed by atoms with E-state index in [-0.39, 0.29) is 24.7 Å². The van der Waals surface area contributed by atoms with Gasteiger partial charge in [0.1, 0.15) is 6.54 Å². The van der Waals surface area contributed by atoms with Crippen LogP contribution < -0.4 is 14.8 Å². The van der Waals surface area contributed by atoms with Crippen molar-refractivity contribution in [2.45, 2.75) is 20.0 Å². The summed E-state index contributed by atoms with van der Waals surface area (Å²) in [6.07, 6.45) is 1.18. The summed E-state index contributed by atoms with van der Waals surface area (Å²) in [5.41, 5.74) is 0.499. The average Bonchev–Trinajstić information content (AvgIpc) is 3.03. The number of methoxy groups -OCH3 is 1. The lowest BCUT2D eigenvalue weighted by Gasteiger charge is -2.13. The molecule has 0 saturated heterocycles. The Morgan fingerprint density at radius 1 is 1.40 bits per heavy atom. The minimum Gasteiger partial charge on any atom is -0.493 e. The molecule has 1 heterocycles. The minimum absolute atomic E-state index is 0.151. The molecular weight excluding hydrogens is 352 g/mol. The van der Waals surface area contributed by atoms with Gasteiger partial charge in [0.2, 0.25) is 5.91 Å². The van der Waals surface area contributed by atoms with Gasteiger partial charge in [-0.2, -0.15) is 0 Å². The van der Waals surface area contributed by atoms with Crippen molar-refractivity contribution in [1.82, 2.24) is 20.3 Å². The Balaban J connectivity index is 1.99. The number of amides is 1. The van der Waals surface area contributed by atoms with Crippen molar-refractivity contribution in [2.24, 2.45) is 0 Å². The maximum atomic E-state index is 11.9. The van der Waals surface area contributed by atoms with E-state index in [1.807, 2.05) is 6.92 Å². The van der Waals surface area contributed by atoms with Crippen LogP contribution in [0.15, 0.2) is 18.3 Å². The van der Waals surface area contributed by atoms with E-state index < -0.39 is 5.97 Å². The maximum absolute atomic E-state index is 11.9. The van der Waals surface area contributed by atoms with Crippen LogP contribution >= 0.6 is 11.6 Å². The number of ether oxygens (including phenoxy) is 2. The van der Waals surface area contributed by atoms with Gasteiger partial charge in [-0.25, -0.2) is 9.48 Å². The summed E-state index contributed by atoms with van der Waals surface area (Å²) in [4.78, 5) is 22.7. The summed E-state index contributed by atoms with van der Waals surface area (Å²) in [7, 11) is 1.50. The van der Waals surface area contributed by atoms with Gasteiger partial charge in [0, 0.05) is 6.54 Å². The molecular formula is C15H17ClN4O5. The molecule has 10 heteroatoms. The summed E-state index contributed by atoms with van der Waals surface area (Å²) in [5, 5.41) is 18.8. The zero-order valence-corrected chi connectivity index (χ0v) is 14.4. The van der Waals surface area contributed by atoms with Crippen molar-refractivity contribution in [2.75, 3.05) is 13.7 Å². The molecule has 2 rings (SSSR count). The minimum atomic E-state index is -1.21. The van der Waals surface area contributed by atoms with Crippen LogP contribution in [0, 0.1) is 0 Å². The predicted molar refractivity (Wildman–Crippen MR) is 88.0 cm³/mol. The maximum Gasteiger partial charge on any atom is 0.358 e. The molecule has 0 atom stereocenters. The van der Waals surface area contributed by atoms with Crippen LogP contribution in [0.4, 0.5) is 0 Å². The second kappa shape index (κ2) is 8.34. The van der Waals surface area contributed by atoms with Gasteiger partial charge in [0.15, 0.2) is 17.2 Å². The molecule has 0 unspecified atom stereocenters. The van der Waals surface area contributed by atoms with Gasteiger partial charge in [-0.3, -0.25) is 4.79 Å². The SMILES string of the molecule is CCOc1c(Cl)cc(CNC(=O)Cn2cc(C(=O)O)nn2)cc1OC. The molecule has 2 aromatic rings. The molecule has 9 nitrogen and oxygen atoms in total. The standard InChI is InChI=1S/C15H17ClN4O5/c1-3-25-14-10(16)4-9(5-12(14)24-2)6-17-13(21)8-20-7-11(15(22)23)18-19-20/h4-5,7H,3,6,8H2,1-2H3,(H,17,21)(H,22,23). The highest BCUT2D eigenvalue weighted by Crippen LogP contribution is 2.36. The van der Waals surface area contributed by atoms with Crippen LogP contribution in [0.1, 0.15) is 23.0 Å². The third-order valence-corrected chi connectivity index (χ3v) is 3.41. The predicted octanol–water partition coefficient (Wildman–Crippen LogP) is 1.35. The van der Waals surface area contributed by atoms with E-state index in [0.29, 0.717) is 23.1 Å². The van der Waals surface area contributed by atoms with E-state index in [4.69, 9.17) is 26.2 Å². The normalized spacial score (nSPS) is 10.4. The zero-order valence-electron chi connectivity index (χ0n) is 13.7. The molecule has 0 aliphatic heterocycles. The van der Waals surface area contributed by atoms with E-state index in [9.17, 15) is 9.59 Å². The first-order valence-electron chi connectivity index (χ1n) is 7.34. The number of halogens is 1. The number of carbonyl (C=O) groups is 2. The van der Waals surface area contributed by atoms with Gasteiger partial charge in [-0.1, -0.05) is 16.8 Å². The molecule has 0 aliphatic rings. The zero-order chi connectivity index (χ0) is 18.4. The highest BCUT2D eigenvalue weighted by molar-refractivity contribution is 6.32. The number of carboxylic acids is 1. The van der Waals surface area contributed by atoms with Crippen LogP contribution in [0.5, 0.6) is 11.5 Å². The van der Waals surface area contributed by atoms with E-state index >= 15 is 0 Å². The van der Waals surface area contributed by atoms with Crippen molar-refractivity contribution < 1.29 is 24.2 Å². The molecule has 0 aliphatic carbocycles. The lowest BCUT2D eigenvalue weighted by molar-refractivity contribution is -0.122. The smallest absolute Gasteiger partial charge is 0.358 e. The van der Waals surface area contributed by atoms with Crippen molar-refractivity contribution >= 4 is 23.5 Å². The summed E-state index contributed by atoms with van der Waals surface area (Å²) in [6, 6.07) is 3.39. The van der Waals surface area contributed by atoms with Crippen LogP contribution in [-0.4, -0.2) is 45.7 Å². The van der Waals surface area contributed by atoms with Gasteiger partial charge in [-0.15, -0.1) is 5.10 Å². The largest absolute Gasteiger partial charge is 0.493 e. The molecule has 1 aromatic heterocycles. The topological polar surface area (TPSA) is 116 Å². The Hall–Kier alpha value is -2.81. The second-order valence-electron chi connectivity index (χ2n) is 4.93. The average molecular weight is 369 g/mol. The molecule has 0 bridgehead atoms. The van der Waals surface area contributed by atoms with Gasteiger partial charge in [0.05, 0.1) is 24.9 Å². The summed E-state index contributed by atoms with van der Waals surface area (Å²) in [6.45, 7) is 2.34. The molecule has 0 fully saturated rings. The number of nitrogens with zero attached hydrogens (tertiary/aromatic N) is 3. The monoisotopic (exact) mass is 368 g/mol. The Kier molecular flexibility index (Phi) is 6.18. The van der Waals surface area contributed by atoms with Crippen molar-refractivity contribution in [3.8, 4) is 11.5 Å². The number of benzene rings is 1. The molecule has 0 spiro atoms. The molecule has 0 saturated carbocycles. The Labute approximate surface area is 148 Å². The molecule has 0 radical (unpaired) electrons. The lowest BCUT2D eigenvalue weighted by atomic mass is 10.2. The molecule has 134 valence electrons. The molecule has 25 heavy (non-hydrogen) atoms. The van der Waals surface area contributed by atoms with Crippen LogP contribution in [0.3, 0.4) is 0 Å². The number of aromatic nitrogens is 3. The Morgan fingerprint density at radius 2 is 2.16 bits per heavy atom. The van der Waals surface area contributed by atoms with Crippen LogP contribution in [0.25, 0.3) is 0 Å². The fraction of sp³-hybridized carbons (Fsp3) is 0.333. The second-order valence-corrected chi connectivity index (χ2v) is 5.33. The third-order valence-electron chi connectivity index (χ3n) is 3.13. The highest BCUT2D eigenvalue weighted by Gasteiger charge is 2.13. The van der Waals surface area contributed by atoms with E-state index in [1.54, 1.807) is 12.1 Å². The summed E-state index contributed by atoms with van der Waals surface area (Å²) < 4.78 is 11.8. The van der Waals surface area contributed by atoms with Gasteiger partial charge >= 0.3 is 5.97 Å². The van der Waals surface area contributed by atoms with Crippen molar-refractivity contribution in [3.63, 3.8) is 0 Å². The van der Waals surface area contributed by atoms with Gasteiger partial charge in [-0.05, 0) is 24.6 Å². The fourth-order valence-corrected chi connectivity index (χ4v) is 2.32. The molecule has 1 amide bonds. The van der Waals surface area contributed by atoms with Crippen LogP contribution in [0.2, 0.25) is 5.02 Å². The van der Waals surface area contributed by atoms with Gasteiger partial charge in [0.25, 0.3) is 0 Å². The fourth-order valence-electron chi connectivity index (χ4n) is 2.04. The third kappa shape index (κ3) is 4.83. The van der Waals surface area contributed by atoms with Crippen LogP contribution in [-0.2, 0) is 17.9 Å². The van der Waals surface area contributed by atoms with Gasteiger partial charge < -0.3 is 19.9 Å². The van der Waals surface area contributed by atoms with Crippen molar-refractivity contribution in [1.29, 1.82) is 0 Å². The number of hydrogen-bond donors (Lipinski definition) is 2. The number of carbonyl (C=O) groups excluding carboxylic acids is 1. The van der Waals surface area contributed by atoms with E-state index in [1.165, 1.54) is 13.3 Å². The number of nitrogens with one attached hydrogen (secondary N) is 1. The molecule has 2 N–H and O–H groups in total. The summed E-state index contributed by atoms with van der Waals surface area (Å²) in [5.74, 6) is -0.639. The van der Waals surface area contributed by atoms with Crippen molar-refractivity contribution in [3.05, 3.63) is 34.6 Å². The molecule has 1 aromatic carbocycles. The summed E-state index contributed by atoms with van der Waals surface area (Å²) >= 11 is 6.17. The first-order chi connectivity index (χ1) is 11.9. The first kappa shape index (κ1) is 18.5. The Bertz CT molecular complexity index is 777. The number of carboxylic acid groups (broad SMARTS) is 1. The number of rotatable bonds is 8. The lowest BCUT2D eigenvalue weighted by Crippen LogP contribution is -2.27. The van der Waals surface area contributed by atoms with E-state index in [0.717, 1.165) is 10.2 Å². The number of hydrogen-bond acceptors (Lipinski definition) is 6. The first-order valence-corrected chi connectivity index (χ1v) is 7.71. The highest BCUT2D eigenvalue weighted by atomic mass is 35.5. The Morgan fingerprint density at radius 3 is 2.76 bits per heavy atom. The van der Waals surface area contributed by atoms with E-state index in [2.05, 4.69) is 15.6 Å².